The molecule has 176 valence electrons. The molecule has 2 aliphatic rings. The minimum absolute atomic E-state index is 0.0380. The van der Waals surface area contributed by atoms with E-state index in [0.717, 1.165) is 48.6 Å². The van der Waals surface area contributed by atoms with E-state index in [1.54, 1.807) is 0 Å². The van der Waals surface area contributed by atoms with Crippen LogP contribution in [0.3, 0.4) is 0 Å². The lowest BCUT2D eigenvalue weighted by atomic mass is 9.96. The third-order valence-corrected chi connectivity index (χ3v) is 7.54. The number of piperazine rings is 1. The van der Waals surface area contributed by atoms with Crippen molar-refractivity contribution >= 4 is 34.3 Å². The van der Waals surface area contributed by atoms with E-state index in [1.807, 2.05) is 24.3 Å². The number of rotatable bonds is 3. The minimum atomic E-state index is -1.51. The quantitative estimate of drug-likeness (QED) is 0.516. The highest BCUT2D eigenvalue weighted by atomic mass is 35.5. The van der Waals surface area contributed by atoms with Crippen molar-refractivity contribution < 1.29 is 34.0 Å². The summed E-state index contributed by atoms with van der Waals surface area (Å²) in [5.74, 6) is -2.77. The maximum Gasteiger partial charge on any atom is 0.328 e. The second-order valence-electron chi connectivity index (χ2n) is 7.93. The molecule has 4 rings (SSSR count). The van der Waals surface area contributed by atoms with E-state index in [2.05, 4.69) is 18.0 Å². The maximum atomic E-state index is 13.2. The number of carbonyl (C=O) groups excluding carboxylic acids is 1. The van der Waals surface area contributed by atoms with Crippen molar-refractivity contribution in [3.05, 3.63) is 64.7 Å². The number of fused-ring (bicyclic) bond motifs is 2. The van der Waals surface area contributed by atoms with Gasteiger partial charge in [-0.1, -0.05) is 29.8 Å². The SMILES string of the molecule is CN1CC[NH+](C2Cc3ccccc3S(=O)c3c(O)cc(Cl)cc32)CC1.O=C([O-])/C=C/C(=O)O. The van der Waals surface area contributed by atoms with Crippen LogP contribution in [0.1, 0.15) is 17.2 Å². The third-order valence-electron chi connectivity index (χ3n) is 5.70. The molecule has 0 aliphatic carbocycles. The van der Waals surface area contributed by atoms with Crippen LogP contribution in [0.15, 0.2) is 58.3 Å². The molecule has 0 bridgehead atoms. The zero-order valence-electron chi connectivity index (χ0n) is 18.0. The first-order valence-electron chi connectivity index (χ1n) is 10.3. The fraction of sp³-hybridized carbons (Fsp3) is 0.304. The average Bonchev–Trinajstić information content (AvgIpc) is 2.88. The number of phenolic OH excluding ortho intramolecular Hbond substituents is 1. The van der Waals surface area contributed by atoms with Gasteiger partial charge in [0, 0.05) is 41.1 Å². The molecule has 3 N–H and O–H groups in total. The monoisotopic (exact) mass is 492 g/mol. The zero-order chi connectivity index (χ0) is 24.1. The number of halogens is 1. The fourth-order valence-corrected chi connectivity index (χ4v) is 5.81. The van der Waals surface area contributed by atoms with Gasteiger partial charge in [-0.05, 0) is 36.9 Å². The number of carbonyl (C=O) groups is 2. The number of nitrogens with zero attached hydrogens (tertiary/aromatic N) is 1. The van der Waals surface area contributed by atoms with E-state index >= 15 is 0 Å². The summed E-state index contributed by atoms with van der Waals surface area (Å²) in [6.45, 7) is 4.14. The predicted molar refractivity (Wildman–Crippen MR) is 121 cm³/mol. The van der Waals surface area contributed by atoms with Crippen molar-refractivity contribution in [3.63, 3.8) is 0 Å². The van der Waals surface area contributed by atoms with E-state index in [1.165, 1.54) is 11.0 Å². The first-order chi connectivity index (χ1) is 15.7. The van der Waals surface area contributed by atoms with Crippen molar-refractivity contribution in [2.24, 2.45) is 0 Å². The van der Waals surface area contributed by atoms with Crippen LogP contribution in [0.5, 0.6) is 5.75 Å². The second-order valence-corrected chi connectivity index (χ2v) is 9.75. The molecular formula is C23H25ClN2O6S. The zero-order valence-corrected chi connectivity index (χ0v) is 19.6. The van der Waals surface area contributed by atoms with Gasteiger partial charge in [-0.3, -0.25) is 4.90 Å². The summed E-state index contributed by atoms with van der Waals surface area (Å²) in [6, 6.07) is 11.4. The van der Waals surface area contributed by atoms with Gasteiger partial charge in [0.25, 0.3) is 0 Å². The number of carboxylic acid groups (broad SMARTS) is 2. The third kappa shape index (κ3) is 6.20. The first-order valence-corrected chi connectivity index (χ1v) is 11.9. The Morgan fingerprint density at radius 1 is 1.21 bits per heavy atom. The molecule has 2 unspecified atom stereocenters. The summed E-state index contributed by atoms with van der Waals surface area (Å²) in [7, 11) is 0.752. The van der Waals surface area contributed by atoms with Crippen molar-refractivity contribution in [1.29, 1.82) is 0 Å². The Bertz CT molecular complexity index is 1080. The normalized spacial score (nSPS) is 20.8. The molecular weight excluding hydrogens is 468 g/mol. The van der Waals surface area contributed by atoms with Crippen LogP contribution in [-0.4, -0.2) is 64.5 Å². The van der Waals surface area contributed by atoms with Gasteiger partial charge in [-0.25, -0.2) is 9.00 Å². The molecule has 2 aromatic rings. The maximum absolute atomic E-state index is 13.2. The Balaban J connectivity index is 0.000000331. The molecule has 0 radical (unpaired) electrons. The highest BCUT2D eigenvalue weighted by molar-refractivity contribution is 7.85. The largest absolute Gasteiger partial charge is 0.545 e. The van der Waals surface area contributed by atoms with E-state index in [9.17, 15) is 24.0 Å². The van der Waals surface area contributed by atoms with Gasteiger partial charge in [0.2, 0.25) is 0 Å². The molecule has 1 fully saturated rings. The van der Waals surface area contributed by atoms with E-state index in [4.69, 9.17) is 16.7 Å². The predicted octanol–water partition coefficient (Wildman–Crippen LogP) is 0.0169. The van der Waals surface area contributed by atoms with Crippen molar-refractivity contribution in [3.8, 4) is 5.75 Å². The van der Waals surface area contributed by atoms with Crippen molar-refractivity contribution in [1.82, 2.24) is 4.90 Å². The number of nitrogens with one attached hydrogen (secondary N) is 1. The van der Waals surface area contributed by atoms with Crippen LogP contribution in [0.2, 0.25) is 5.02 Å². The van der Waals surface area contributed by atoms with Gasteiger partial charge in [-0.2, -0.15) is 0 Å². The molecule has 0 spiro atoms. The number of aromatic hydroxyl groups is 1. The van der Waals surface area contributed by atoms with Crippen LogP contribution in [0.4, 0.5) is 0 Å². The number of hydrogen-bond donors (Lipinski definition) is 3. The molecule has 8 nitrogen and oxygen atoms in total. The summed E-state index contributed by atoms with van der Waals surface area (Å²) in [5, 5.41) is 28.2. The molecule has 10 heteroatoms. The average molecular weight is 493 g/mol. The Labute approximate surface area is 199 Å². The van der Waals surface area contributed by atoms with E-state index < -0.39 is 22.7 Å². The lowest BCUT2D eigenvalue weighted by Gasteiger charge is -2.35. The molecule has 2 heterocycles. The van der Waals surface area contributed by atoms with Crippen LogP contribution < -0.4 is 10.0 Å². The molecule has 2 aromatic carbocycles. The summed E-state index contributed by atoms with van der Waals surface area (Å²) in [4.78, 5) is 24.1. The van der Waals surface area contributed by atoms with Gasteiger partial charge in [0.1, 0.15) is 11.8 Å². The number of hydrogen-bond acceptors (Lipinski definition) is 6. The van der Waals surface area contributed by atoms with Crippen LogP contribution in [0.25, 0.3) is 0 Å². The highest BCUT2D eigenvalue weighted by Gasteiger charge is 2.36. The smallest absolute Gasteiger partial charge is 0.328 e. The van der Waals surface area contributed by atoms with Crippen molar-refractivity contribution in [2.45, 2.75) is 22.3 Å². The Kier molecular flexibility index (Phi) is 8.25. The van der Waals surface area contributed by atoms with E-state index in [0.29, 0.717) is 22.1 Å². The summed E-state index contributed by atoms with van der Waals surface area (Å²) in [5.41, 5.74) is 2.03. The van der Waals surface area contributed by atoms with Crippen molar-refractivity contribution in [2.75, 3.05) is 33.2 Å². The Morgan fingerprint density at radius 3 is 2.48 bits per heavy atom. The summed E-state index contributed by atoms with van der Waals surface area (Å²) >= 11 is 6.25. The Morgan fingerprint density at radius 2 is 1.88 bits per heavy atom. The lowest BCUT2D eigenvalue weighted by molar-refractivity contribution is -0.935. The number of phenols is 1. The molecule has 0 amide bonds. The summed E-state index contributed by atoms with van der Waals surface area (Å²) < 4.78 is 13.2. The van der Waals surface area contributed by atoms with Crippen LogP contribution in [0, 0.1) is 0 Å². The van der Waals surface area contributed by atoms with Gasteiger partial charge in [-0.15, -0.1) is 0 Å². The number of aliphatic carboxylic acids is 2. The number of likely N-dealkylation sites (N-methyl/N-ethyl adjacent to an activating group) is 1. The topological polar surface area (TPSA) is 122 Å². The standard InChI is InChI=1S/C19H21ClN2O2S.C4H4O4/c1-21-6-8-22(9-7-21)16-10-13-4-2-3-5-18(13)25(24)19-15(16)11-14(20)12-17(19)23;5-3(6)1-2-4(7)8/h2-5,11-12,16,23H,6-10H2,1H3;1-2H,(H,5,6)(H,7,8)/b;2-1+. The molecule has 33 heavy (non-hydrogen) atoms. The van der Waals surface area contributed by atoms with E-state index in [-0.39, 0.29) is 11.8 Å². The first kappa shape index (κ1) is 24.9. The van der Waals surface area contributed by atoms with Gasteiger partial charge in [0.15, 0.2) is 0 Å². The fourth-order valence-electron chi connectivity index (χ4n) is 4.11. The second kappa shape index (κ2) is 10.9. The summed E-state index contributed by atoms with van der Waals surface area (Å²) in [6.07, 6.45) is 1.76. The van der Waals surface area contributed by atoms with Gasteiger partial charge < -0.3 is 25.0 Å². The Hall–Kier alpha value is -2.72. The molecule has 0 saturated carbocycles. The van der Waals surface area contributed by atoms with Gasteiger partial charge in [0.05, 0.1) is 34.8 Å². The number of carboxylic acids is 2. The number of quaternary nitrogens is 1. The van der Waals surface area contributed by atoms with Gasteiger partial charge >= 0.3 is 5.97 Å². The lowest BCUT2D eigenvalue weighted by Crippen LogP contribution is -3.15. The molecule has 2 atom stereocenters. The van der Waals surface area contributed by atoms with Crippen LogP contribution >= 0.6 is 11.6 Å². The number of benzene rings is 2. The highest BCUT2D eigenvalue weighted by Crippen LogP contribution is 2.39. The van der Waals surface area contributed by atoms with Crippen LogP contribution in [-0.2, 0) is 26.8 Å². The minimum Gasteiger partial charge on any atom is -0.545 e. The molecule has 2 aliphatic heterocycles. The molecule has 0 aromatic heterocycles. The molecule has 1 saturated heterocycles.